The van der Waals surface area contributed by atoms with Gasteiger partial charge in [0.05, 0.1) is 10.4 Å². The molecule has 1 aromatic carbocycles. The minimum absolute atomic E-state index is 0. The minimum Gasteiger partial charge on any atom is -0.618 e. The predicted molar refractivity (Wildman–Crippen MR) is 85.7 cm³/mol. The van der Waals surface area contributed by atoms with Gasteiger partial charge in [-0.2, -0.15) is 4.73 Å². The third-order valence-corrected chi connectivity index (χ3v) is 2.08. The summed E-state index contributed by atoms with van der Waals surface area (Å²) in [5.74, 6) is -3.25. The van der Waals surface area contributed by atoms with Crippen LogP contribution in [-0.2, 0) is 14.4 Å². The van der Waals surface area contributed by atoms with Crippen LogP contribution in [0, 0.1) is 5.21 Å². The molecule has 0 aliphatic carbocycles. The fraction of sp³-hybridized carbons (Fsp3) is 0.200. The number of aromatic nitrogens is 1. The maximum Gasteiger partial charge on any atom is 0.225 e. The topological polar surface area (TPSA) is 147 Å². The maximum atomic E-state index is 11.2. The van der Waals surface area contributed by atoms with Gasteiger partial charge in [0.2, 0.25) is 5.52 Å². The van der Waals surface area contributed by atoms with E-state index in [9.17, 15) is 5.21 Å². The molecule has 0 amide bonds. The summed E-state index contributed by atoms with van der Waals surface area (Å²) in [6.07, 6.45) is 1.41. The van der Waals surface area contributed by atoms with E-state index in [0.717, 1.165) is 30.9 Å². The van der Waals surface area contributed by atoms with E-state index in [1.807, 2.05) is 18.2 Å². The molecular weight excluding hydrogens is 549 g/mol. The molecule has 25 heavy (non-hydrogen) atoms. The first-order valence-electron chi connectivity index (χ1n) is 6.28. The molecule has 0 atom stereocenters. The molecule has 4 radical (unpaired) electrons. The minimum atomic E-state index is -1.08. The zero-order valence-corrected chi connectivity index (χ0v) is 18.3. The normalized spacial score (nSPS) is 8.00. The van der Waals surface area contributed by atoms with Crippen LogP contribution in [0.4, 0.5) is 0 Å². The summed E-state index contributed by atoms with van der Waals surface area (Å²) in [4.78, 5) is 26.7. The number of carbonyl (C=O) groups is 3. The molecule has 1 aromatic heterocycles. The molecule has 0 saturated carbocycles. The smallest absolute Gasteiger partial charge is 0.225 e. The SMILES string of the molecule is CC(=O)[O-].CC(=O)[O-].CC(=O)[O-].[O-][n+]1ccc(Cl)c2ccccc21.[Pb]. The van der Waals surface area contributed by atoms with Crippen molar-refractivity contribution in [3.05, 3.63) is 46.8 Å². The monoisotopic (exact) mass is 564 g/mol. The average molecular weight is 564 g/mol. The van der Waals surface area contributed by atoms with Crippen LogP contribution in [0.1, 0.15) is 20.8 Å². The fourth-order valence-corrected chi connectivity index (χ4v) is 1.39. The molecule has 0 fully saturated rings. The molecule has 8 nitrogen and oxygen atoms in total. The number of carbonyl (C=O) groups excluding carboxylic acids is 3. The Labute approximate surface area is 169 Å². The van der Waals surface area contributed by atoms with Crippen LogP contribution in [0.2, 0.25) is 5.02 Å². The number of halogens is 1. The number of aliphatic carboxylic acids is 3. The van der Waals surface area contributed by atoms with Gasteiger partial charge in [0.15, 0.2) is 6.20 Å². The Morgan fingerprint density at radius 3 is 1.60 bits per heavy atom. The molecule has 136 valence electrons. The summed E-state index contributed by atoms with van der Waals surface area (Å²) in [7, 11) is 0. The fourth-order valence-electron chi connectivity index (χ4n) is 1.17. The van der Waals surface area contributed by atoms with Crippen LogP contribution in [0.3, 0.4) is 0 Å². The van der Waals surface area contributed by atoms with Gasteiger partial charge in [0.1, 0.15) is 0 Å². The van der Waals surface area contributed by atoms with Crippen LogP contribution >= 0.6 is 11.6 Å². The van der Waals surface area contributed by atoms with Crippen molar-refractivity contribution in [2.24, 2.45) is 0 Å². The van der Waals surface area contributed by atoms with E-state index in [1.165, 1.54) is 6.20 Å². The number of pyridine rings is 1. The number of fused-ring (bicyclic) bond motifs is 1. The molecule has 0 aliphatic heterocycles. The maximum absolute atomic E-state index is 11.2. The van der Waals surface area contributed by atoms with Crippen molar-refractivity contribution in [2.45, 2.75) is 20.8 Å². The first-order chi connectivity index (χ1) is 11.0. The van der Waals surface area contributed by atoms with Gasteiger partial charge in [-0.1, -0.05) is 23.7 Å². The van der Waals surface area contributed by atoms with Gasteiger partial charge >= 0.3 is 0 Å². The standard InChI is InChI=1S/C9H6ClNO.3C2H4O2.Pb/c10-8-5-6-11(12)9-4-2-1-3-7(8)9;3*1-2(3)4;/h1-6H;3*1H3,(H,3,4);/p-3. The second kappa shape index (κ2) is 15.6. The molecule has 0 bridgehead atoms. The van der Waals surface area contributed by atoms with Crippen LogP contribution < -0.4 is 20.0 Å². The summed E-state index contributed by atoms with van der Waals surface area (Å²) in [5.41, 5.74) is 0.602. The van der Waals surface area contributed by atoms with Gasteiger partial charge in [0, 0.05) is 57.3 Å². The van der Waals surface area contributed by atoms with Gasteiger partial charge < -0.3 is 34.9 Å². The first-order valence-corrected chi connectivity index (χ1v) is 6.66. The number of rotatable bonds is 0. The van der Waals surface area contributed by atoms with E-state index in [1.54, 1.807) is 12.1 Å². The number of hydrogen-bond donors (Lipinski definition) is 0. The number of benzene rings is 1. The van der Waals surface area contributed by atoms with Crippen molar-refractivity contribution in [1.29, 1.82) is 0 Å². The van der Waals surface area contributed by atoms with Crippen LogP contribution in [0.25, 0.3) is 10.9 Å². The molecule has 0 aliphatic rings. The second-order valence-corrected chi connectivity index (χ2v) is 4.39. The predicted octanol–water partition coefficient (Wildman–Crippen LogP) is -1.99. The van der Waals surface area contributed by atoms with Crippen LogP contribution in [-0.4, -0.2) is 45.2 Å². The van der Waals surface area contributed by atoms with Crippen molar-refractivity contribution in [2.75, 3.05) is 0 Å². The molecule has 0 saturated heterocycles. The number of nitrogens with zero attached hydrogens (tertiary/aromatic N) is 1. The van der Waals surface area contributed by atoms with Crippen molar-refractivity contribution in [1.82, 2.24) is 0 Å². The number of para-hydroxylation sites is 1. The summed E-state index contributed by atoms with van der Waals surface area (Å²) < 4.78 is 0.807. The van der Waals surface area contributed by atoms with Gasteiger partial charge in [-0.25, -0.2) is 0 Å². The van der Waals surface area contributed by atoms with Gasteiger partial charge in [-0.15, -0.1) is 0 Å². The van der Waals surface area contributed by atoms with E-state index >= 15 is 0 Å². The largest absolute Gasteiger partial charge is 0.618 e. The van der Waals surface area contributed by atoms with Gasteiger partial charge in [-0.3, -0.25) is 0 Å². The Bertz CT molecular complexity index is 614. The van der Waals surface area contributed by atoms with Crippen LogP contribution in [0.15, 0.2) is 36.5 Å². The summed E-state index contributed by atoms with van der Waals surface area (Å²) in [6, 6.07) is 8.83. The van der Waals surface area contributed by atoms with E-state index < -0.39 is 17.9 Å². The molecule has 2 aromatic rings. The zero-order valence-electron chi connectivity index (χ0n) is 13.6. The van der Waals surface area contributed by atoms with E-state index in [4.69, 9.17) is 41.3 Å². The zero-order chi connectivity index (χ0) is 19.3. The Hall–Kier alpha value is -1.95. The number of carboxylic acids is 3. The number of carboxylic acid groups (broad SMARTS) is 3. The second-order valence-electron chi connectivity index (χ2n) is 3.98. The third-order valence-electron chi connectivity index (χ3n) is 1.76. The molecule has 10 heteroatoms. The Morgan fingerprint density at radius 1 is 0.880 bits per heavy atom. The van der Waals surface area contributed by atoms with Crippen molar-refractivity contribution >= 4 is 67.7 Å². The van der Waals surface area contributed by atoms with E-state index in [2.05, 4.69) is 0 Å². The summed E-state index contributed by atoms with van der Waals surface area (Å²) in [6.45, 7) is 2.92. The van der Waals surface area contributed by atoms with Gasteiger partial charge in [-0.05, 0) is 26.8 Å². The van der Waals surface area contributed by atoms with E-state index in [-0.39, 0.29) is 27.3 Å². The van der Waals surface area contributed by atoms with E-state index in [0.29, 0.717) is 10.5 Å². The quantitative estimate of drug-likeness (QED) is 0.205. The summed E-state index contributed by atoms with van der Waals surface area (Å²) >= 11 is 5.88. The molecule has 1 heterocycles. The average Bonchev–Trinajstić information content (AvgIpc) is 2.41. The Morgan fingerprint density at radius 2 is 1.24 bits per heavy atom. The van der Waals surface area contributed by atoms with Crippen molar-refractivity contribution in [3.63, 3.8) is 0 Å². The Balaban J connectivity index is -0.000000314. The molecule has 0 spiro atoms. The van der Waals surface area contributed by atoms with Gasteiger partial charge in [0.25, 0.3) is 0 Å². The number of hydrogen-bond acceptors (Lipinski definition) is 7. The Kier molecular flexibility index (Phi) is 17.4. The molecule has 0 N–H and O–H groups in total. The first kappa shape index (κ1) is 27.9. The van der Waals surface area contributed by atoms with Crippen LogP contribution in [0.5, 0.6) is 0 Å². The molecular formula is C15H15ClNO7Pb-3. The summed E-state index contributed by atoms with van der Waals surface area (Å²) in [5, 5.41) is 39.3. The van der Waals surface area contributed by atoms with Crippen molar-refractivity contribution < 1.29 is 34.4 Å². The van der Waals surface area contributed by atoms with Crippen molar-refractivity contribution in [3.8, 4) is 0 Å². The molecule has 2 rings (SSSR count). The third kappa shape index (κ3) is 18.2. The molecule has 0 unspecified atom stereocenters.